The second-order valence-electron chi connectivity index (χ2n) is 5.19. The lowest BCUT2D eigenvalue weighted by molar-refractivity contribution is -0.131. The van der Waals surface area contributed by atoms with E-state index in [9.17, 15) is 4.79 Å². The van der Waals surface area contributed by atoms with E-state index < -0.39 is 0 Å². The summed E-state index contributed by atoms with van der Waals surface area (Å²) in [5.74, 6) is 1.16. The van der Waals surface area contributed by atoms with Crippen molar-refractivity contribution in [2.24, 2.45) is 0 Å². The van der Waals surface area contributed by atoms with Gasteiger partial charge in [-0.2, -0.15) is 4.98 Å². The van der Waals surface area contributed by atoms with Gasteiger partial charge in [-0.15, -0.1) is 0 Å². The third-order valence-corrected chi connectivity index (χ3v) is 4.07. The molecule has 1 aliphatic rings. The van der Waals surface area contributed by atoms with Crippen molar-refractivity contribution in [3.8, 4) is 0 Å². The summed E-state index contributed by atoms with van der Waals surface area (Å²) in [6.07, 6.45) is 2.10. The van der Waals surface area contributed by atoms with Gasteiger partial charge < -0.3 is 9.42 Å². The standard InChI is InChI=1S/C15H16ClN3O2/c1-10-17-15(21-18-10)13-7-4-8-19(13)14(20)9-11-5-2-3-6-12(11)16/h2-3,5-6,13H,4,7-9H2,1H3. The van der Waals surface area contributed by atoms with E-state index in [4.69, 9.17) is 16.1 Å². The van der Waals surface area contributed by atoms with Crippen LogP contribution in [0.1, 0.15) is 36.2 Å². The van der Waals surface area contributed by atoms with E-state index in [1.54, 1.807) is 13.0 Å². The lowest BCUT2D eigenvalue weighted by atomic mass is 10.1. The van der Waals surface area contributed by atoms with Gasteiger partial charge in [-0.05, 0) is 31.4 Å². The third-order valence-electron chi connectivity index (χ3n) is 3.70. The summed E-state index contributed by atoms with van der Waals surface area (Å²) in [4.78, 5) is 18.6. The van der Waals surface area contributed by atoms with Gasteiger partial charge >= 0.3 is 0 Å². The Bertz CT molecular complexity index is 656. The van der Waals surface area contributed by atoms with Gasteiger partial charge in [-0.25, -0.2) is 0 Å². The molecule has 3 rings (SSSR count). The molecule has 1 saturated heterocycles. The van der Waals surface area contributed by atoms with E-state index in [0.29, 0.717) is 23.2 Å². The van der Waals surface area contributed by atoms with Crippen LogP contribution in [0.15, 0.2) is 28.8 Å². The molecule has 0 saturated carbocycles. The van der Waals surface area contributed by atoms with Crippen molar-refractivity contribution in [2.75, 3.05) is 6.54 Å². The first kappa shape index (κ1) is 14.1. The summed E-state index contributed by atoms with van der Waals surface area (Å²) in [5, 5.41) is 4.43. The van der Waals surface area contributed by atoms with Crippen molar-refractivity contribution in [2.45, 2.75) is 32.2 Å². The van der Waals surface area contributed by atoms with E-state index in [1.807, 2.05) is 23.1 Å². The van der Waals surface area contributed by atoms with E-state index in [2.05, 4.69) is 10.1 Å². The fourth-order valence-electron chi connectivity index (χ4n) is 2.68. The SMILES string of the molecule is Cc1noc(C2CCCN2C(=O)Cc2ccccc2Cl)n1. The predicted molar refractivity (Wildman–Crippen MR) is 77.9 cm³/mol. The minimum Gasteiger partial charge on any atom is -0.337 e. The number of amides is 1. The Balaban J connectivity index is 1.76. The molecule has 1 aliphatic heterocycles. The van der Waals surface area contributed by atoms with Gasteiger partial charge in [0.15, 0.2) is 5.82 Å². The molecule has 2 aromatic rings. The van der Waals surface area contributed by atoms with Crippen molar-refractivity contribution < 1.29 is 9.32 Å². The van der Waals surface area contributed by atoms with Crippen molar-refractivity contribution in [3.05, 3.63) is 46.6 Å². The lowest BCUT2D eigenvalue weighted by Crippen LogP contribution is -2.32. The van der Waals surface area contributed by atoms with Crippen LogP contribution in [0.4, 0.5) is 0 Å². The first-order valence-electron chi connectivity index (χ1n) is 6.98. The van der Waals surface area contributed by atoms with Crippen LogP contribution in [0.3, 0.4) is 0 Å². The van der Waals surface area contributed by atoms with Gasteiger partial charge in [0, 0.05) is 11.6 Å². The molecule has 21 heavy (non-hydrogen) atoms. The molecule has 6 heteroatoms. The number of halogens is 1. The van der Waals surface area contributed by atoms with E-state index >= 15 is 0 Å². The topological polar surface area (TPSA) is 59.2 Å². The average molecular weight is 306 g/mol. The van der Waals surface area contributed by atoms with Crippen LogP contribution in [0.2, 0.25) is 5.02 Å². The maximum absolute atomic E-state index is 12.5. The second-order valence-corrected chi connectivity index (χ2v) is 5.60. The van der Waals surface area contributed by atoms with E-state index in [0.717, 1.165) is 24.9 Å². The first-order valence-corrected chi connectivity index (χ1v) is 7.36. The molecule has 0 aliphatic carbocycles. The van der Waals surface area contributed by atoms with Crippen LogP contribution in [0.5, 0.6) is 0 Å². The fourth-order valence-corrected chi connectivity index (χ4v) is 2.88. The Labute approximate surface area is 127 Å². The summed E-state index contributed by atoms with van der Waals surface area (Å²) in [6.45, 7) is 2.49. The molecule has 0 spiro atoms. The first-order chi connectivity index (χ1) is 10.1. The normalized spacial score (nSPS) is 18.2. The molecule has 1 amide bonds. The monoisotopic (exact) mass is 305 g/mol. The van der Waals surface area contributed by atoms with Crippen molar-refractivity contribution in [1.82, 2.24) is 15.0 Å². The minimum absolute atomic E-state index is 0.0430. The Morgan fingerprint density at radius 2 is 2.29 bits per heavy atom. The molecule has 110 valence electrons. The van der Waals surface area contributed by atoms with Crippen LogP contribution >= 0.6 is 11.6 Å². The highest BCUT2D eigenvalue weighted by Gasteiger charge is 2.33. The van der Waals surface area contributed by atoms with Gasteiger partial charge in [0.2, 0.25) is 11.8 Å². The number of benzene rings is 1. The zero-order valence-electron chi connectivity index (χ0n) is 11.8. The predicted octanol–water partition coefficient (Wildman–Crippen LogP) is 2.94. The highest BCUT2D eigenvalue weighted by molar-refractivity contribution is 6.31. The van der Waals surface area contributed by atoms with E-state index in [-0.39, 0.29) is 11.9 Å². The maximum Gasteiger partial charge on any atom is 0.249 e. The number of aryl methyl sites for hydroxylation is 1. The Hall–Kier alpha value is -1.88. The minimum atomic E-state index is -0.110. The second kappa shape index (κ2) is 5.85. The molecule has 1 unspecified atom stereocenters. The van der Waals surface area contributed by atoms with Crippen LogP contribution in [-0.2, 0) is 11.2 Å². The van der Waals surface area contributed by atoms with Crippen LogP contribution in [-0.4, -0.2) is 27.5 Å². The summed E-state index contributed by atoms with van der Waals surface area (Å²) in [7, 11) is 0. The van der Waals surface area contributed by atoms with Crippen LogP contribution in [0, 0.1) is 6.92 Å². The van der Waals surface area contributed by atoms with Crippen molar-refractivity contribution in [1.29, 1.82) is 0 Å². The highest BCUT2D eigenvalue weighted by atomic mass is 35.5. The van der Waals surface area contributed by atoms with Crippen LogP contribution < -0.4 is 0 Å². The number of likely N-dealkylation sites (tertiary alicyclic amines) is 1. The van der Waals surface area contributed by atoms with Gasteiger partial charge in [0.1, 0.15) is 6.04 Å². The quantitative estimate of drug-likeness (QED) is 0.875. The molecular formula is C15H16ClN3O2. The summed E-state index contributed by atoms with van der Waals surface area (Å²) >= 11 is 6.12. The Kier molecular flexibility index (Phi) is 3.92. The molecule has 1 atom stereocenters. The smallest absolute Gasteiger partial charge is 0.249 e. The molecule has 1 aromatic heterocycles. The Morgan fingerprint density at radius 1 is 1.48 bits per heavy atom. The molecule has 0 bridgehead atoms. The number of nitrogens with zero attached hydrogens (tertiary/aromatic N) is 3. The Morgan fingerprint density at radius 3 is 3.00 bits per heavy atom. The number of aromatic nitrogens is 2. The number of rotatable bonds is 3. The fraction of sp³-hybridized carbons (Fsp3) is 0.400. The number of carbonyl (C=O) groups is 1. The number of carbonyl (C=O) groups excluding carboxylic acids is 1. The van der Waals surface area contributed by atoms with Crippen LogP contribution in [0.25, 0.3) is 0 Å². The molecule has 1 fully saturated rings. The van der Waals surface area contributed by atoms with Crippen molar-refractivity contribution >= 4 is 17.5 Å². The summed E-state index contributed by atoms with van der Waals surface area (Å²) < 4.78 is 5.22. The lowest BCUT2D eigenvalue weighted by Gasteiger charge is -2.22. The number of hydrogen-bond acceptors (Lipinski definition) is 4. The molecule has 0 radical (unpaired) electrons. The van der Waals surface area contributed by atoms with Gasteiger partial charge in [-0.3, -0.25) is 4.79 Å². The highest BCUT2D eigenvalue weighted by Crippen LogP contribution is 2.31. The van der Waals surface area contributed by atoms with Crippen molar-refractivity contribution in [3.63, 3.8) is 0 Å². The largest absolute Gasteiger partial charge is 0.337 e. The summed E-state index contributed by atoms with van der Waals surface area (Å²) in [5.41, 5.74) is 0.844. The molecule has 1 aromatic carbocycles. The zero-order valence-corrected chi connectivity index (χ0v) is 12.5. The maximum atomic E-state index is 12.5. The average Bonchev–Trinajstić information content (AvgIpc) is 3.09. The van der Waals surface area contributed by atoms with Gasteiger partial charge in [-0.1, -0.05) is 35.0 Å². The molecular weight excluding hydrogens is 290 g/mol. The molecule has 5 nitrogen and oxygen atoms in total. The zero-order chi connectivity index (χ0) is 14.8. The third kappa shape index (κ3) is 2.93. The van der Waals surface area contributed by atoms with Gasteiger partial charge in [0.05, 0.1) is 6.42 Å². The molecule has 2 heterocycles. The summed E-state index contributed by atoms with van der Waals surface area (Å²) in [6, 6.07) is 7.31. The molecule has 0 N–H and O–H groups in total. The number of hydrogen-bond donors (Lipinski definition) is 0. The van der Waals surface area contributed by atoms with E-state index in [1.165, 1.54) is 0 Å². The van der Waals surface area contributed by atoms with Gasteiger partial charge in [0.25, 0.3) is 0 Å².